The van der Waals surface area contributed by atoms with Crippen LogP contribution in [0.3, 0.4) is 0 Å². The van der Waals surface area contributed by atoms with Gasteiger partial charge in [-0.1, -0.05) is 36.4 Å². The molecule has 0 spiro atoms. The van der Waals surface area contributed by atoms with Crippen LogP contribution in [0.2, 0.25) is 0 Å². The maximum absolute atomic E-state index is 13.0. The van der Waals surface area contributed by atoms with Gasteiger partial charge in [-0.2, -0.15) is 0 Å². The number of hydrogen-bond acceptors (Lipinski definition) is 4. The molecule has 0 N–H and O–H groups in total. The SMILES string of the molecule is COc1cccc2c1OC[C@H](C(=O)N(C)C[C@H]1OCCc3ccccc31)C2. The highest BCUT2D eigenvalue weighted by Gasteiger charge is 2.31. The third-order valence-corrected chi connectivity index (χ3v) is 5.43. The Morgan fingerprint density at radius 2 is 2.00 bits per heavy atom. The number of para-hydroxylation sites is 1. The number of rotatable bonds is 4. The summed E-state index contributed by atoms with van der Waals surface area (Å²) < 4.78 is 17.2. The summed E-state index contributed by atoms with van der Waals surface area (Å²) in [5.41, 5.74) is 3.53. The summed E-state index contributed by atoms with van der Waals surface area (Å²) in [6, 6.07) is 14.1. The van der Waals surface area contributed by atoms with Gasteiger partial charge in [0.1, 0.15) is 12.7 Å². The summed E-state index contributed by atoms with van der Waals surface area (Å²) in [6.45, 7) is 1.62. The molecule has 2 aromatic rings. The summed E-state index contributed by atoms with van der Waals surface area (Å²) in [4.78, 5) is 14.8. The fourth-order valence-electron chi connectivity index (χ4n) is 3.99. The molecular formula is C22H25NO4. The number of amides is 1. The monoisotopic (exact) mass is 367 g/mol. The van der Waals surface area contributed by atoms with E-state index in [0.29, 0.717) is 26.2 Å². The first-order chi connectivity index (χ1) is 13.2. The number of carbonyl (C=O) groups excluding carboxylic acids is 1. The number of hydrogen-bond donors (Lipinski definition) is 0. The van der Waals surface area contributed by atoms with Gasteiger partial charge >= 0.3 is 0 Å². The number of carbonyl (C=O) groups is 1. The van der Waals surface area contributed by atoms with Crippen molar-refractivity contribution in [1.29, 1.82) is 0 Å². The number of nitrogens with zero attached hydrogens (tertiary/aromatic N) is 1. The van der Waals surface area contributed by atoms with Crippen LogP contribution in [-0.2, 0) is 22.4 Å². The van der Waals surface area contributed by atoms with Crippen LogP contribution in [0.1, 0.15) is 22.8 Å². The van der Waals surface area contributed by atoms with Gasteiger partial charge < -0.3 is 19.1 Å². The van der Waals surface area contributed by atoms with Crippen molar-refractivity contribution in [2.24, 2.45) is 5.92 Å². The molecule has 1 amide bonds. The van der Waals surface area contributed by atoms with Crippen LogP contribution in [0, 0.1) is 5.92 Å². The minimum atomic E-state index is -0.187. The fraction of sp³-hybridized carbons (Fsp3) is 0.409. The van der Waals surface area contributed by atoms with Gasteiger partial charge in [0, 0.05) is 7.05 Å². The predicted molar refractivity (Wildman–Crippen MR) is 102 cm³/mol. The average Bonchev–Trinajstić information content (AvgIpc) is 2.72. The van der Waals surface area contributed by atoms with Crippen LogP contribution >= 0.6 is 0 Å². The minimum Gasteiger partial charge on any atom is -0.493 e. The Kier molecular flexibility index (Phi) is 5.03. The summed E-state index contributed by atoms with van der Waals surface area (Å²) in [5.74, 6) is 1.39. The topological polar surface area (TPSA) is 48.0 Å². The second-order valence-corrected chi connectivity index (χ2v) is 7.19. The van der Waals surface area contributed by atoms with E-state index in [-0.39, 0.29) is 17.9 Å². The maximum atomic E-state index is 13.0. The molecule has 142 valence electrons. The van der Waals surface area contributed by atoms with E-state index in [1.54, 1.807) is 12.0 Å². The smallest absolute Gasteiger partial charge is 0.229 e. The Bertz CT molecular complexity index is 835. The Labute approximate surface area is 159 Å². The minimum absolute atomic E-state index is 0.0687. The molecule has 2 aliphatic rings. The lowest BCUT2D eigenvalue weighted by Gasteiger charge is -2.32. The van der Waals surface area contributed by atoms with Crippen molar-refractivity contribution in [3.05, 3.63) is 59.2 Å². The largest absolute Gasteiger partial charge is 0.493 e. The molecule has 2 heterocycles. The molecule has 2 atom stereocenters. The van der Waals surface area contributed by atoms with E-state index >= 15 is 0 Å². The summed E-state index contributed by atoms with van der Waals surface area (Å²) >= 11 is 0. The van der Waals surface area contributed by atoms with E-state index < -0.39 is 0 Å². The van der Waals surface area contributed by atoms with Crippen molar-refractivity contribution < 1.29 is 19.0 Å². The van der Waals surface area contributed by atoms with E-state index in [1.807, 2.05) is 31.3 Å². The van der Waals surface area contributed by atoms with Gasteiger partial charge in [0.2, 0.25) is 5.91 Å². The second kappa shape index (κ2) is 7.61. The molecule has 0 fully saturated rings. The van der Waals surface area contributed by atoms with Crippen LogP contribution in [0.4, 0.5) is 0 Å². The first-order valence-electron chi connectivity index (χ1n) is 9.40. The standard InChI is InChI=1S/C22H25NO4/c1-23(13-20-18-8-4-3-6-15(18)10-11-26-20)22(24)17-12-16-7-5-9-19(25-2)21(16)27-14-17/h3-9,17,20H,10-14H2,1-2H3/t17-,20-/m1/s1. The molecule has 0 saturated carbocycles. The Hall–Kier alpha value is -2.53. The zero-order chi connectivity index (χ0) is 18.8. The first-order valence-corrected chi connectivity index (χ1v) is 9.40. The van der Waals surface area contributed by atoms with Crippen LogP contribution in [0.5, 0.6) is 11.5 Å². The lowest BCUT2D eigenvalue weighted by atomic mass is 9.94. The lowest BCUT2D eigenvalue weighted by molar-refractivity contribution is -0.137. The van der Waals surface area contributed by atoms with Crippen LogP contribution in [0.15, 0.2) is 42.5 Å². The van der Waals surface area contributed by atoms with Crippen molar-refractivity contribution >= 4 is 5.91 Å². The quantitative estimate of drug-likeness (QED) is 0.833. The molecule has 0 aliphatic carbocycles. The van der Waals surface area contributed by atoms with Gasteiger partial charge in [0.15, 0.2) is 11.5 Å². The molecule has 5 heteroatoms. The highest BCUT2D eigenvalue weighted by Crippen LogP contribution is 2.36. The normalized spacial score (nSPS) is 20.8. The molecule has 2 aliphatic heterocycles. The van der Waals surface area contributed by atoms with E-state index in [9.17, 15) is 4.79 Å². The zero-order valence-corrected chi connectivity index (χ0v) is 15.8. The molecule has 0 aromatic heterocycles. The van der Waals surface area contributed by atoms with Crippen molar-refractivity contribution in [3.8, 4) is 11.5 Å². The highest BCUT2D eigenvalue weighted by molar-refractivity contribution is 5.79. The van der Waals surface area contributed by atoms with Gasteiger partial charge in [-0.3, -0.25) is 4.79 Å². The first kappa shape index (κ1) is 17.9. The Morgan fingerprint density at radius 3 is 2.85 bits per heavy atom. The molecular weight excluding hydrogens is 342 g/mol. The third-order valence-electron chi connectivity index (χ3n) is 5.43. The fourth-order valence-corrected chi connectivity index (χ4v) is 3.99. The number of likely N-dealkylation sites (N-methyl/N-ethyl adjacent to an activating group) is 1. The van der Waals surface area contributed by atoms with Gasteiger partial charge in [-0.25, -0.2) is 0 Å². The molecule has 0 unspecified atom stereocenters. The van der Waals surface area contributed by atoms with Crippen molar-refractivity contribution in [2.75, 3.05) is 33.9 Å². The number of fused-ring (bicyclic) bond motifs is 2. The van der Waals surface area contributed by atoms with Gasteiger partial charge in [0.25, 0.3) is 0 Å². The van der Waals surface area contributed by atoms with Gasteiger partial charge in [0.05, 0.1) is 26.2 Å². The number of methoxy groups -OCH3 is 1. The van der Waals surface area contributed by atoms with Crippen molar-refractivity contribution in [1.82, 2.24) is 4.90 Å². The van der Waals surface area contributed by atoms with Crippen LogP contribution < -0.4 is 9.47 Å². The molecule has 4 rings (SSSR count). The average molecular weight is 367 g/mol. The van der Waals surface area contributed by atoms with Crippen LogP contribution in [-0.4, -0.2) is 44.7 Å². The Balaban J connectivity index is 1.44. The molecule has 2 aromatic carbocycles. The van der Waals surface area contributed by atoms with E-state index in [2.05, 4.69) is 18.2 Å². The molecule has 0 bridgehead atoms. The molecule has 0 radical (unpaired) electrons. The summed E-state index contributed by atoms with van der Waals surface area (Å²) in [7, 11) is 3.48. The number of benzene rings is 2. The number of ether oxygens (including phenoxy) is 3. The highest BCUT2D eigenvalue weighted by atomic mass is 16.5. The predicted octanol–water partition coefficient (Wildman–Crippen LogP) is 3.02. The van der Waals surface area contributed by atoms with E-state index in [0.717, 1.165) is 23.5 Å². The van der Waals surface area contributed by atoms with Gasteiger partial charge in [-0.05, 0) is 35.6 Å². The second-order valence-electron chi connectivity index (χ2n) is 7.19. The zero-order valence-electron chi connectivity index (χ0n) is 15.8. The molecule has 0 saturated heterocycles. The maximum Gasteiger partial charge on any atom is 0.229 e. The third kappa shape index (κ3) is 3.52. The van der Waals surface area contributed by atoms with Crippen molar-refractivity contribution in [3.63, 3.8) is 0 Å². The van der Waals surface area contributed by atoms with Crippen LogP contribution in [0.25, 0.3) is 0 Å². The Morgan fingerprint density at radius 1 is 1.19 bits per heavy atom. The van der Waals surface area contributed by atoms with Gasteiger partial charge in [-0.15, -0.1) is 0 Å². The summed E-state index contributed by atoms with van der Waals surface area (Å²) in [5, 5.41) is 0. The summed E-state index contributed by atoms with van der Waals surface area (Å²) in [6.07, 6.45) is 1.53. The molecule has 5 nitrogen and oxygen atoms in total. The molecule has 27 heavy (non-hydrogen) atoms. The lowest BCUT2D eigenvalue weighted by Crippen LogP contribution is -2.41. The van der Waals surface area contributed by atoms with E-state index in [4.69, 9.17) is 14.2 Å². The van der Waals surface area contributed by atoms with E-state index in [1.165, 1.54) is 11.1 Å². The van der Waals surface area contributed by atoms with Crippen molar-refractivity contribution in [2.45, 2.75) is 18.9 Å².